The Morgan fingerprint density at radius 3 is 3.20 bits per heavy atom. The largest absolute Gasteiger partial charge is 0.309 e. The van der Waals surface area contributed by atoms with Crippen molar-refractivity contribution in [3.8, 4) is 12.3 Å². The van der Waals surface area contributed by atoms with E-state index in [4.69, 9.17) is 6.42 Å². The first-order valence-electron chi connectivity index (χ1n) is 5.57. The van der Waals surface area contributed by atoms with Crippen LogP contribution < -0.4 is 5.32 Å². The Bertz CT molecular complexity index is 387. The van der Waals surface area contributed by atoms with Crippen LogP contribution in [0.25, 0.3) is 0 Å². The van der Waals surface area contributed by atoms with Crippen molar-refractivity contribution in [3.05, 3.63) is 34.9 Å². The van der Waals surface area contributed by atoms with Gasteiger partial charge < -0.3 is 5.32 Å². The van der Waals surface area contributed by atoms with Crippen molar-refractivity contribution in [1.29, 1.82) is 0 Å². The van der Waals surface area contributed by atoms with Gasteiger partial charge in [0.2, 0.25) is 0 Å². The minimum Gasteiger partial charge on any atom is -0.309 e. The molecular formula is C14H17N. The topological polar surface area (TPSA) is 12.0 Å². The lowest BCUT2D eigenvalue weighted by molar-refractivity contribution is 0.539. The highest BCUT2D eigenvalue weighted by molar-refractivity contribution is 5.37. The highest BCUT2D eigenvalue weighted by Crippen LogP contribution is 2.31. The molecule has 0 aromatic heterocycles. The fourth-order valence-corrected chi connectivity index (χ4v) is 2.25. The van der Waals surface area contributed by atoms with Crippen molar-refractivity contribution in [1.82, 2.24) is 5.32 Å². The van der Waals surface area contributed by atoms with Gasteiger partial charge >= 0.3 is 0 Å². The first-order valence-corrected chi connectivity index (χ1v) is 5.57. The molecule has 1 unspecified atom stereocenters. The number of rotatable bonds is 3. The third kappa shape index (κ3) is 2.22. The molecule has 1 nitrogen and oxygen atoms in total. The number of hydrogen-bond acceptors (Lipinski definition) is 1. The molecule has 0 saturated carbocycles. The molecule has 1 heteroatoms. The second-order valence-electron chi connectivity index (χ2n) is 4.20. The molecule has 1 N–H and O–H groups in total. The standard InChI is InChI=1S/C14H17N/c1-3-4-9-15-14-8-7-12-6-5-11(2)10-13(12)14/h1,5-6,10,14-15H,4,7-9H2,2H3. The Balaban J connectivity index is 2.07. The summed E-state index contributed by atoms with van der Waals surface area (Å²) in [4.78, 5) is 0. The van der Waals surface area contributed by atoms with Crippen molar-refractivity contribution in [2.45, 2.75) is 32.2 Å². The van der Waals surface area contributed by atoms with Gasteiger partial charge in [0.15, 0.2) is 0 Å². The summed E-state index contributed by atoms with van der Waals surface area (Å²) >= 11 is 0. The van der Waals surface area contributed by atoms with E-state index >= 15 is 0 Å². The Hall–Kier alpha value is -1.26. The molecular weight excluding hydrogens is 182 g/mol. The van der Waals surface area contributed by atoms with E-state index in [1.165, 1.54) is 29.5 Å². The van der Waals surface area contributed by atoms with Crippen LogP contribution >= 0.6 is 0 Å². The SMILES string of the molecule is C#CCCNC1CCc2ccc(C)cc21. The molecule has 0 saturated heterocycles. The van der Waals surface area contributed by atoms with E-state index in [2.05, 4.69) is 36.4 Å². The molecule has 1 atom stereocenters. The smallest absolute Gasteiger partial charge is 0.0326 e. The van der Waals surface area contributed by atoms with Crippen LogP contribution in [-0.2, 0) is 6.42 Å². The highest BCUT2D eigenvalue weighted by atomic mass is 14.9. The monoisotopic (exact) mass is 199 g/mol. The van der Waals surface area contributed by atoms with Gasteiger partial charge in [-0.3, -0.25) is 0 Å². The molecule has 0 bridgehead atoms. The first-order chi connectivity index (χ1) is 7.31. The van der Waals surface area contributed by atoms with Gasteiger partial charge in [-0.1, -0.05) is 23.8 Å². The Morgan fingerprint density at radius 1 is 1.53 bits per heavy atom. The quantitative estimate of drug-likeness (QED) is 0.583. The fraction of sp³-hybridized carbons (Fsp3) is 0.429. The van der Waals surface area contributed by atoms with Crippen LogP contribution in [0, 0.1) is 19.3 Å². The molecule has 0 spiro atoms. The molecule has 15 heavy (non-hydrogen) atoms. The van der Waals surface area contributed by atoms with Crippen LogP contribution in [0.5, 0.6) is 0 Å². The molecule has 0 radical (unpaired) electrons. The maximum atomic E-state index is 5.24. The third-order valence-corrected chi connectivity index (χ3v) is 3.04. The van der Waals surface area contributed by atoms with Crippen molar-refractivity contribution in [2.75, 3.05) is 6.54 Å². The zero-order chi connectivity index (χ0) is 10.7. The molecule has 78 valence electrons. The molecule has 1 aromatic rings. The average Bonchev–Trinajstić information content (AvgIpc) is 2.62. The summed E-state index contributed by atoms with van der Waals surface area (Å²) in [6.45, 7) is 3.08. The first kappa shape index (κ1) is 10.3. The van der Waals surface area contributed by atoms with E-state index in [1.807, 2.05) is 0 Å². The summed E-state index contributed by atoms with van der Waals surface area (Å²) in [6, 6.07) is 7.28. The lowest BCUT2D eigenvalue weighted by Crippen LogP contribution is -2.20. The number of nitrogens with one attached hydrogen (secondary N) is 1. The van der Waals surface area contributed by atoms with Crippen molar-refractivity contribution in [3.63, 3.8) is 0 Å². The Kier molecular flexibility index (Phi) is 3.08. The minimum absolute atomic E-state index is 0.522. The van der Waals surface area contributed by atoms with Crippen LogP contribution in [0.2, 0.25) is 0 Å². The van der Waals surface area contributed by atoms with Gasteiger partial charge in [0.05, 0.1) is 0 Å². The predicted octanol–water partition coefficient (Wildman–Crippen LogP) is 2.60. The zero-order valence-electron chi connectivity index (χ0n) is 9.22. The van der Waals surface area contributed by atoms with E-state index < -0.39 is 0 Å². The highest BCUT2D eigenvalue weighted by Gasteiger charge is 2.21. The van der Waals surface area contributed by atoms with Gasteiger partial charge in [-0.25, -0.2) is 0 Å². The number of hydrogen-bond donors (Lipinski definition) is 1. The summed E-state index contributed by atoms with van der Waals surface area (Å²) < 4.78 is 0. The van der Waals surface area contributed by atoms with Gasteiger partial charge in [-0.05, 0) is 30.9 Å². The van der Waals surface area contributed by atoms with E-state index in [0.29, 0.717) is 6.04 Å². The number of terminal acetylenes is 1. The molecule has 0 heterocycles. The van der Waals surface area contributed by atoms with Crippen LogP contribution in [0.3, 0.4) is 0 Å². The Labute approximate surface area is 91.9 Å². The van der Waals surface area contributed by atoms with Gasteiger partial charge in [0.1, 0.15) is 0 Å². The molecule has 1 aromatic carbocycles. The maximum Gasteiger partial charge on any atom is 0.0326 e. The molecule has 0 fully saturated rings. The van der Waals surface area contributed by atoms with E-state index in [9.17, 15) is 0 Å². The lowest BCUT2D eigenvalue weighted by atomic mass is 10.1. The van der Waals surface area contributed by atoms with Gasteiger partial charge in [0.25, 0.3) is 0 Å². The maximum absolute atomic E-state index is 5.24. The fourth-order valence-electron chi connectivity index (χ4n) is 2.25. The second kappa shape index (κ2) is 4.51. The van der Waals surface area contributed by atoms with Crippen LogP contribution in [0.4, 0.5) is 0 Å². The second-order valence-corrected chi connectivity index (χ2v) is 4.20. The molecule has 2 rings (SSSR count). The van der Waals surface area contributed by atoms with Gasteiger partial charge in [0, 0.05) is 19.0 Å². The minimum atomic E-state index is 0.522. The summed E-state index contributed by atoms with van der Waals surface area (Å²) in [6.07, 6.45) is 8.47. The average molecular weight is 199 g/mol. The summed E-state index contributed by atoms with van der Waals surface area (Å²) in [5.41, 5.74) is 4.32. The van der Waals surface area contributed by atoms with Crippen molar-refractivity contribution in [2.24, 2.45) is 0 Å². The van der Waals surface area contributed by atoms with Crippen LogP contribution in [-0.4, -0.2) is 6.54 Å². The van der Waals surface area contributed by atoms with E-state index in [0.717, 1.165) is 13.0 Å². The predicted molar refractivity (Wildman–Crippen MR) is 63.7 cm³/mol. The van der Waals surface area contributed by atoms with Crippen molar-refractivity contribution < 1.29 is 0 Å². The van der Waals surface area contributed by atoms with E-state index in [-0.39, 0.29) is 0 Å². The number of benzene rings is 1. The van der Waals surface area contributed by atoms with Crippen molar-refractivity contribution >= 4 is 0 Å². The van der Waals surface area contributed by atoms with Gasteiger partial charge in [-0.2, -0.15) is 0 Å². The third-order valence-electron chi connectivity index (χ3n) is 3.04. The lowest BCUT2D eigenvalue weighted by Gasteiger charge is -2.13. The molecule has 1 aliphatic rings. The molecule has 0 amide bonds. The molecule has 0 aliphatic heterocycles. The number of aryl methyl sites for hydroxylation is 2. The Morgan fingerprint density at radius 2 is 2.40 bits per heavy atom. The number of fused-ring (bicyclic) bond motifs is 1. The van der Waals surface area contributed by atoms with Crippen LogP contribution in [0.1, 0.15) is 35.6 Å². The van der Waals surface area contributed by atoms with Gasteiger partial charge in [-0.15, -0.1) is 12.3 Å². The van der Waals surface area contributed by atoms with E-state index in [1.54, 1.807) is 0 Å². The summed E-state index contributed by atoms with van der Waals surface area (Å²) in [7, 11) is 0. The molecule has 1 aliphatic carbocycles. The summed E-state index contributed by atoms with van der Waals surface area (Å²) in [5.74, 6) is 2.66. The zero-order valence-corrected chi connectivity index (χ0v) is 9.22. The summed E-state index contributed by atoms with van der Waals surface area (Å²) in [5, 5.41) is 3.52. The normalized spacial score (nSPS) is 18.5. The van der Waals surface area contributed by atoms with Crippen LogP contribution in [0.15, 0.2) is 18.2 Å².